The van der Waals surface area contributed by atoms with Gasteiger partial charge in [-0.05, 0) is 86.6 Å². The van der Waals surface area contributed by atoms with Crippen LogP contribution in [-0.4, -0.2) is 14.5 Å². The molecule has 3 nitrogen and oxygen atoms in total. The Kier molecular flexibility index (Phi) is 6.31. The fraction of sp³-hybridized carbons (Fsp3) is 0.0204. The molecule has 0 aliphatic heterocycles. The molecule has 1 aliphatic carbocycles. The number of aromatic nitrogens is 3. The van der Waals surface area contributed by atoms with E-state index in [4.69, 9.17) is 9.97 Å². The van der Waals surface area contributed by atoms with Crippen molar-refractivity contribution in [2.45, 2.75) is 5.92 Å². The molecule has 0 spiro atoms. The fourth-order valence-corrected chi connectivity index (χ4v) is 8.53. The summed E-state index contributed by atoms with van der Waals surface area (Å²) >= 11 is 0. The Morgan fingerprint density at radius 3 is 1.94 bits per heavy atom. The van der Waals surface area contributed by atoms with Crippen molar-refractivity contribution in [3.63, 3.8) is 0 Å². The Hall–Kier alpha value is -6.84. The van der Waals surface area contributed by atoms with Crippen molar-refractivity contribution in [1.29, 1.82) is 0 Å². The monoisotopic (exact) mass is 661 g/mol. The molecule has 3 heteroatoms. The second-order valence-electron chi connectivity index (χ2n) is 13.7. The number of nitrogens with zero attached hydrogens (tertiary/aromatic N) is 3. The predicted molar refractivity (Wildman–Crippen MR) is 215 cm³/mol. The van der Waals surface area contributed by atoms with Gasteiger partial charge >= 0.3 is 0 Å². The zero-order chi connectivity index (χ0) is 34.2. The molecule has 1 atom stereocenters. The molecule has 0 amide bonds. The Morgan fingerprint density at radius 2 is 1.08 bits per heavy atom. The minimum absolute atomic E-state index is 0.0953. The molecule has 2 aromatic heterocycles. The van der Waals surface area contributed by atoms with Gasteiger partial charge in [0.25, 0.3) is 0 Å². The van der Waals surface area contributed by atoms with Gasteiger partial charge in [0.2, 0.25) is 0 Å². The van der Waals surface area contributed by atoms with Crippen LogP contribution in [0.5, 0.6) is 0 Å². The van der Waals surface area contributed by atoms with Crippen molar-refractivity contribution in [1.82, 2.24) is 14.5 Å². The SMILES string of the molecule is c1ccc(-c2nc(C3c4ccc(-c5ccc6c(c5)c5ccccc5n6-c5ccccc5)cc4-c4c3ccc3ccccc43)nc3ccccc23)cc1. The van der Waals surface area contributed by atoms with Crippen LogP contribution < -0.4 is 0 Å². The second-order valence-corrected chi connectivity index (χ2v) is 13.7. The predicted octanol–water partition coefficient (Wildman–Crippen LogP) is 12.4. The largest absolute Gasteiger partial charge is 0.309 e. The van der Waals surface area contributed by atoms with Gasteiger partial charge in [0.15, 0.2) is 0 Å². The van der Waals surface area contributed by atoms with Crippen molar-refractivity contribution < 1.29 is 0 Å². The lowest BCUT2D eigenvalue weighted by Crippen LogP contribution is -2.07. The van der Waals surface area contributed by atoms with E-state index in [0.29, 0.717) is 0 Å². The molecule has 0 N–H and O–H groups in total. The molecule has 2 heterocycles. The molecule has 1 unspecified atom stereocenters. The maximum Gasteiger partial charge on any atom is 0.141 e. The van der Waals surface area contributed by atoms with Crippen LogP contribution in [0.15, 0.2) is 182 Å². The summed E-state index contributed by atoms with van der Waals surface area (Å²) in [5, 5.41) is 6.06. The molecule has 1 aliphatic rings. The molecule has 52 heavy (non-hydrogen) atoms. The Morgan fingerprint density at radius 1 is 0.423 bits per heavy atom. The Labute approximate surface area is 301 Å². The van der Waals surface area contributed by atoms with Gasteiger partial charge in [-0.1, -0.05) is 140 Å². The van der Waals surface area contributed by atoms with Crippen LogP contribution in [-0.2, 0) is 0 Å². The molecule has 0 saturated heterocycles. The molecular formula is C49H31N3. The van der Waals surface area contributed by atoms with E-state index in [9.17, 15) is 0 Å². The second kappa shape index (κ2) is 11.3. The van der Waals surface area contributed by atoms with E-state index < -0.39 is 0 Å². The minimum Gasteiger partial charge on any atom is -0.309 e. The smallest absolute Gasteiger partial charge is 0.141 e. The lowest BCUT2D eigenvalue weighted by Gasteiger charge is -2.16. The van der Waals surface area contributed by atoms with E-state index in [0.717, 1.165) is 28.0 Å². The van der Waals surface area contributed by atoms with Gasteiger partial charge in [0.05, 0.1) is 28.2 Å². The van der Waals surface area contributed by atoms with E-state index in [2.05, 4.69) is 187 Å². The van der Waals surface area contributed by atoms with Crippen LogP contribution in [0, 0.1) is 0 Å². The summed E-state index contributed by atoms with van der Waals surface area (Å²) in [4.78, 5) is 10.7. The van der Waals surface area contributed by atoms with Crippen LogP contribution in [0.25, 0.3) is 82.7 Å². The highest BCUT2D eigenvalue weighted by molar-refractivity contribution is 6.11. The summed E-state index contributed by atoms with van der Waals surface area (Å²) < 4.78 is 2.37. The minimum atomic E-state index is -0.0953. The summed E-state index contributed by atoms with van der Waals surface area (Å²) in [5.74, 6) is 0.734. The fourth-order valence-electron chi connectivity index (χ4n) is 8.53. The molecule has 11 rings (SSSR count). The maximum absolute atomic E-state index is 5.39. The number of fused-ring (bicyclic) bond motifs is 9. The molecule has 0 saturated carbocycles. The number of rotatable bonds is 4. The summed E-state index contributed by atoms with van der Waals surface area (Å²) in [6.07, 6.45) is 0. The van der Waals surface area contributed by atoms with Crippen LogP contribution in [0.2, 0.25) is 0 Å². The third-order valence-corrected chi connectivity index (χ3v) is 10.9. The maximum atomic E-state index is 5.39. The van der Waals surface area contributed by atoms with Gasteiger partial charge < -0.3 is 4.57 Å². The number of para-hydroxylation sites is 3. The van der Waals surface area contributed by atoms with Gasteiger partial charge in [0, 0.05) is 27.4 Å². The Bertz CT molecular complexity index is 3010. The highest BCUT2D eigenvalue weighted by Gasteiger charge is 2.34. The standard InChI is InChI=1S/C49H31N3/c1-3-14-32(15-4-1)48-39-20-9-11-21-43(39)50-49(51-48)47-38-26-24-33(30-42(38)46-36-18-8-7-13-31(36)23-27-40(46)47)34-25-28-45-41(29-34)37-19-10-12-22-44(37)52(45)35-16-5-2-6-17-35/h1-30,47H. The third kappa shape index (κ3) is 4.33. The molecular weight excluding hydrogens is 631 g/mol. The molecule has 8 aromatic carbocycles. The molecule has 242 valence electrons. The van der Waals surface area contributed by atoms with Gasteiger partial charge in [-0.2, -0.15) is 0 Å². The van der Waals surface area contributed by atoms with Crippen LogP contribution in [0.3, 0.4) is 0 Å². The van der Waals surface area contributed by atoms with E-state index in [1.54, 1.807) is 0 Å². The number of hydrogen-bond donors (Lipinski definition) is 0. The number of hydrogen-bond acceptors (Lipinski definition) is 2. The first-order valence-corrected chi connectivity index (χ1v) is 17.9. The van der Waals surface area contributed by atoms with E-state index in [1.165, 1.54) is 71.6 Å². The lowest BCUT2D eigenvalue weighted by molar-refractivity contribution is 0.891. The molecule has 10 aromatic rings. The highest BCUT2D eigenvalue weighted by atomic mass is 15.0. The van der Waals surface area contributed by atoms with Crippen LogP contribution >= 0.6 is 0 Å². The topological polar surface area (TPSA) is 30.7 Å². The van der Waals surface area contributed by atoms with Crippen LogP contribution in [0.4, 0.5) is 0 Å². The number of benzene rings is 8. The van der Waals surface area contributed by atoms with Gasteiger partial charge in [-0.3, -0.25) is 0 Å². The quantitative estimate of drug-likeness (QED) is 0.188. The molecule has 0 radical (unpaired) electrons. The van der Waals surface area contributed by atoms with Gasteiger partial charge in [-0.15, -0.1) is 0 Å². The zero-order valence-electron chi connectivity index (χ0n) is 28.2. The van der Waals surface area contributed by atoms with Crippen molar-refractivity contribution in [2.24, 2.45) is 0 Å². The zero-order valence-corrected chi connectivity index (χ0v) is 28.2. The summed E-state index contributed by atoms with van der Waals surface area (Å²) in [7, 11) is 0. The summed E-state index contributed by atoms with van der Waals surface area (Å²) in [6.45, 7) is 0. The van der Waals surface area contributed by atoms with Crippen molar-refractivity contribution >= 4 is 43.5 Å². The summed E-state index contributed by atoms with van der Waals surface area (Å²) in [5.41, 5.74) is 14.0. The van der Waals surface area contributed by atoms with E-state index in [-0.39, 0.29) is 5.92 Å². The average Bonchev–Trinajstić information content (AvgIpc) is 3.73. The lowest BCUT2D eigenvalue weighted by atomic mass is 9.93. The van der Waals surface area contributed by atoms with Crippen molar-refractivity contribution in [2.75, 3.05) is 0 Å². The van der Waals surface area contributed by atoms with E-state index >= 15 is 0 Å². The third-order valence-electron chi connectivity index (χ3n) is 10.9. The highest BCUT2D eigenvalue weighted by Crippen LogP contribution is 2.51. The summed E-state index contributed by atoms with van der Waals surface area (Å²) in [6, 6.07) is 65.5. The van der Waals surface area contributed by atoms with Crippen LogP contribution in [0.1, 0.15) is 22.9 Å². The normalized spacial score (nSPS) is 13.6. The first kappa shape index (κ1) is 28.9. The molecule has 0 bridgehead atoms. The Balaban J connectivity index is 1.13. The van der Waals surface area contributed by atoms with Gasteiger partial charge in [-0.25, -0.2) is 9.97 Å². The van der Waals surface area contributed by atoms with Crippen molar-refractivity contribution in [3.05, 3.63) is 199 Å². The molecule has 0 fully saturated rings. The van der Waals surface area contributed by atoms with E-state index in [1.807, 2.05) is 0 Å². The first-order chi connectivity index (χ1) is 25.8. The van der Waals surface area contributed by atoms with Gasteiger partial charge in [0.1, 0.15) is 5.82 Å². The first-order valence-electron chi connectivity index (χ1n) is 17.9. The van der Waals surface area contributed by atoms with Crippen molar-refractivity contribution in [3.8, 4) is 39.2 Å². The average molecular weight is 662 g/mol.